The summed E-state index contributed by atoms with van der Waals surface area (Å²) >= 11 is 0. The molecule has 23 heavy (non-hydrogen) atoms. The van der Waals surface area contributed by atoms with Crippen LogP contribution in [0.4, 0.5) is 0 Å². The van der Waals surface area contributed by atoms with Crippen molar-refractivity contribution >= 4 is 22.2 Å². The molecule has 0 aromatic heterocycles. The van der Waals surface area contributed by atoms with E-state index < -0.39 is 16.1 Å². The quantitative estimate of drug-likeness (QED) is 0.729. The number of hydrogen-bond donors (Lipinski definition) is 1. The number of hydrogen-bond acceptors (Lipinski definition) is 5. The van der Waals surface area contributed by atoms with Crippen LogP contribution in [0.15, 0.2) is 0 Å². The molecule has 128 valence electrons. The number of aldehydes is 1. The van der Waals surface area contributed by atoms with Gasteiger partial charge in [0.2, 0.25) is 15.9 Å². The van der Waals surface area contributed by atoms with E-state index in [1.165, 1.54) is 4.90 Å². The van der Waals surface area contributed by atoms with Crippen LogP contribution >= 0.6 is 0 Å². The second-order valence-electron chi connectivity index (χ2n) is 6.56. The molecular weight excluding hydrogens is 318 g/mol. The standard InChI is InChI=1S/C15H23N3O4S/c1-23(21,22)17-14-5-3-2-4-12(14)7-15(20)18-9-11(8-16)6-13(18)10-19/h10-14,17H,2-7,9H2,1H3/t11?,12?,13-,14+/m0/s1. The Balaban J connectivity index is 2.02. The van der Waals surface area contributed by atoms with Crippen molar-refractivity contribution in [2.24, 2.45) is 11.8 Å². The molecule has 1 aliphatic carbocycles. The minimum absolute atomic E-state index is 0.0561. The molecule has 7 nitrogen and oxygen atoms in total. The van der Waals surface area contributed by atoms with Gasteiger partial charge in [-0.1, -0.05) is 12.8 Å². The predicted molar refractivity (Wildman–Crippen MR) is 83.6 cm³/mol. The number of amides is 1. The fraction of sp³-hybridized carbons (Fsp3) is 0.800. The highest BCUT2D eigenvalue weighted by atomic mass is 32.2. The number of sulfonamides is 1. The topological polar surface area (TPSA) is 107 Å². The SMILES string of the molecule is CS(=O)(=O)N[C@@H]1CCCCC1CC(=O)N1CC(C#N)C[C@H]1C=O. The summed E-state index contributed by atoms with van der Waals surface area (Å²) in [7, 11) is -3.31. The van der Waals surface area contributed by atoms with Gasteiger partial charge in [0.15, 0.2) is 0 Å². The molecule has 4 atom stereocenters. The second kappa shape index (κ2) is 7.41. The van der Waals surface area contributed by atoms with E-state index in [2.05, 4.69) is 10.8 Å². The number of rotatable bonds is 5. The maximum absolute atomic E-state index is 12.5. The van der Waals surface area contributed by atoms with Crippen molar-refractivity contribution in [2.75, 3.05) is 12.8 Å². The lowest BCUT2D eigenvalue weighted by Gasteiger charge is -2.32. The van der Waals surface area contributed by atoms with Gasteiger partial charge in [-0.15, -0.1) is 0 Å². The van der Waals surface area contributed by atoms with Gasteiger partial charge in [0.1, 0.15) is 6.29 Å². The van der Waals surface area contributed by atoms with Crippen molar-refractivity contribution < 1.29 is 18.0 Å². The molecule has 2 aliphatic rings. The van der Waals surface area contributed by atoms with Gasteiger partial charge in [-0.3, -0.25) is 4.79 Å². The average Bonchev–Trinajstić information content (AvgIpc) is 2.91. The number of nitrogens with one attached hydrogen (secondary N) is 1. The molecule has 0 aromatic carbocycles. The predicted octanol–water partition coefficient (Wildman–Crippen LogP) is 0.424. The summed E-state index contributed by atoms with van der Waals surface area (Å²) in [5.74, 6) is -0.517. The average molecular weight is 341 g/mol. The van der Waals surface area contributed by atoms with Gasteiger partial charge in [0, 0.05) is 19.0 Å². The van der Waals surface area contributed by atoms with E-state index in [0.717, 1.165) is 38.2 Å². The molecule has 2 unspecified atom stereocenters. The van der Waals surface area contributed by atoms with Crippen molar-refractivity contribution in [1.82, 2.24) is 9.62 Å². The van der Waals surface area contributed by atoms with E-state index in [1.807, 2.05) is 0 Å². The zero-order valence-corrected chi connectivity index (χ0v) is 14.1. The summed E-state index contributed by atoms with van der Waals surface area (Å²) in [4.78, 5) is 25.1. The summed E-state index contributed by atoms with van der Waals surface area (Å²) in [6.45, 7) is 0.287. The fourth-order valence-corrected chi connectivity index (χ4v) is 4.46. The first kappa shape index (κ1) is 17.9. The molecule has 8 heteroatoms. The van der Waals surface area contributed by atoms with Crippen LogP contribution in [0, 0.1) is 23.2 Å². The van der Waals surface area contributed by atoms with Gasteiger partial charge in [0.25, 0.3) is 0 Å². The Morgan fingerprint density at radius 2 is 2.09 bits per heavy atom. The zero-order valence-electron chi connectivity index (χ0n) is 13.3. The van der Waals surface area contributed by atoms with E-state index in [4.69, 9.17) is 5.26 Å². The molecule has 1 saturated heterocycles. The summed E-state index contributed by atoms with van der Waals surface area (Å²) in [6.07, 6.45) is 5.89. The highest BCUT2D eigenvalue weighted by Crippen LogP contribution is 2.30. The monoisotopic (exact) mass is 341 g/mol. The lowest BCUT2D eigenvalue weighted by molar-refractivity contribution is -0.135. The molecule has 0 spiro atoms. The van der Waals surface area contributed by atoms with Gasteiger partial charge < -0.3 is 9.69 Å². The van der Waals surface area contributed by atoms with Crippen LogP contribution in [-0.2, 0) is 19.6 Å². The Morgan fingerprint density at radius 1 is 1.39 bits per heavy atom. The maximum Gasteiger partial charge on any atom is 0.223 e. The van der Waals surface area contributed by atoms with Crippen molar-refractivity contribution in [3.8, 4) is 6.07 Å². The Labute approximate surface area is 137 Å². The molecule has 1 saturated carbocycles. The first-order valence-corrected chi connectivity index (χ1v) is 9.85. The van der Waals surface area contributed by atoms with Crippen molar-refractivity contribution in [3.05, 3.63) is 0 Å². The Kier molecular flexibility index (Phi) is 5.76. The maximum atomic E-state index is 12.5. The number of nitriles is 1. The van der Waals surface area contributed by atoms with Gasteiger partial charge in [-0.05, 0) is 25.2 Å². The molecule has 1 amide bonds. The van der Waals surface area contributed by atoms with Crippen molar-refractivity contribution in [3.63, 3.8) is 0 Å². The third kappa shape index (κ3) is 4.75. The molecule has 1 N–H and O–H groups in total. The second-order valence-corrected chi connectivity index (χ2v) is 8.34. The first-order valence-electron chi connectivity index (χ1n) is 7.95. The minimum atomic E-state index is -3.31. The van der Waals surface area contributed by atoms with Crippen molar-refractivity contribution in [1.29, 1.82) is 5.26 Å². The first-order chi connectivity index (χ1) is 10.8. The van der Waals surface area contributed by atoms with E-state index in [0.29, 0.717) is 6.42 Å². The summed E-state index contributed by atoms with van der Waals surface area (Å²) in [5, 5.41) is 8.99. The highest BCUT2D eigenvalue weighted by molar-refractivity contribution is 7.88. The van der Waals surface area contributed by atoms with Gasteiger partial charge in [-0.2, -0.15) is 5.26 Å². The molecule has 0 bridgehead atoms. The molecule has 2 rings (SSSR count). The van der Waals surface area contributed by atoms with E-state index in [-0.39, 0.29) is 36.8 Å². The van der Waals surface area contributed by atoms with Gasteiger partial charge in [0.05, 0.1) is 24.3 Å². The van der Waals surface area contributed by atoms with Crippen LogP contribution < -0.4 is 4.72 Å². The number of nitrogens with zero attached hydrogens (tertiary/aromatic N) is 2. The van der Waals surface area contributed by atoms with Crippen molar-refractivity contribution in [2.45, 2.75) is 50.6 Å². The third-order valence-corrected chi connectivity index (χ3v) is 5.45. The number of likely N-dealkylation sites (tertiary alicyclic amines) is 1. The molecule has 2 fully saturated rings. The number of carbonyl (C=O) groups is 2. The van der Waals surface area contributed by atoms with Crippen LogP contribution in [-0.4, -0.2) is 50.4 Å². The molecule has 1 aliphatic heterocycles. The van der Waals surface area contributed by atoms with E-state index in [9.17, 15) is 18.0 Å². The molecule has 0 aromatic rings. The fourth-order valence-electron chi connectivity index (χ4n) is 3.60. The lowest BCUT2D eigenvalue weighted by atomic mass is 9.82. The summed E-state index contributed by atoms with van der Waals surface area (Å²) in [5.41, 5.74) is 0. The van der Waals surface area contributed by atoms with Crippen LogP contribution in [0.1, 0.15) is 38.5 Å². The highest BCUT2D eigenvalue weighted by Gasteiger charge is 2.37. The van der Waals surface area contributed by atoms with Crippen LogP contribution in [0.3, 0.4) is 0 Å². The zero-order chi connectivity index (χ0) is 17.0. The summed E-state index contributed by atoms with van der Waals surface area (Å²) < 4.78 is 25.6. The smallest absolute Gasteiger partial charge is 0.223 e. The van der Waals surface area contributed by atoms with E-state index >= 15 is 0 Å². The molecular formula is C15H23N3O4S. The normalized spacial score (nSPS) is 31.6. The largest absolute Gasteiger partial charge is 0.332 e. The Bertz CT molecular complexity index is 598. The van der Waals surface area contributed by atoms with Crippen LogP contribution in [0.2, 0.25) is 0 Å². The molecule has 0 radical (unpaired) electrons. The Hall–Kier alpha value is -1.46. The van der Waals surface area contributed by atoms with Crippen LogP contribution in [0.5, 0.6) is 0 Å². The van der Waals surface area contributed by atoms with Gasteiger partial charge >= 0.3 is 0 Å². The molecule has 1 heterocycles. The third-order valence-electron chi connectivity index (χ3n) is 4.71. The summed E-state index contributed by atoms with van der Waals surface area (Å²) in [6, 6.07) is 1.35. The number of carbonyl (C=O) groups excluding carboxylic acids is 2. The minimum Gasteiger partial charge on any atom is -0.332 e. The Morgan fingerprint density at radius 3 is 2.70 bits per heavy atom. The lowest BCUT2D eigenvalue weighted by Crippen LogP contribution is -2.45. The van der Waals surface area contributed by atoms with E-state index in [1.54, 1.807) is 0 Å². The van der Waals surface area contributed by atoms with Crippen LogP contribution in [0.25, 0.3) is 0 Å². The van der Waals surface area contributed by atoms with Gasteiger partial charge in [-0.25, -0.2) is 13.1 Å².